The number of carbonyl (C=O) groups is 3. The Balaban J connectivity index is 2.38. The molecule has 0 fully saturated rings. The van der Waals surface area contributed by atoms with Crippen molar-refractivity contribution in [3.63, 3.8) is 0 Å². The monoisotopic (exact) mass is 760 g/mol. The molecule has 0 aromatic heterocycles. The molecule has 0 aliphatic carbocycles. The zero-order chi connectivity index (χ0) is 38.6. The average Bonchev–Trinajstić information content (AvgIpc) is 2.92. The maximum absolute atomic E-state index is 14.2. The minimum atomic E-state index is -6.44. The maximum Gasteiger partial charge on any atom is 0.524 e. The fourth-order valence-corrected chi connectivity index (χ4v) is 8.75. The van der Waals surface area contributed by atoms with Crippen LogP contribution < -0.4 is 14.2 Å². The van der Waals surface area contributed by atoms with Crippen LogP contribution in [-0.4, -0.2) is 49.2 Å². The van der Waals surface area contributed by atoms with E-state index in [4.69, 9.17) is 32.1 Å². The van der Waals surface area contributed by atoms with Crippen molar-refractivity contribution in [2.45, 2.75) is 99.3 Å². The molecule has 17 heteroatoms. The van der Waals surface area contributed by atoms with Crippen LogP contribution in [0.1, 0.15) is 62.3 Å². The van der Waals surface area contributed by atoms with Crippen molar-refractivity contribution in [1.82, 2.24) is 0 Å². The maximum atomic E-state index is 14.2. The average molecular weight is 761 g/mol. The molecule has 280 valence electrons. The molecule has 3 aromatic rings. The normalized spacial score (nSPS) is 13.1. The number of halogens is 3. The quantitative estimate of drug-likeness (QED) is 0.0931. The SMILES string of the molecule is CC(C)(C)OC(=O)Oc1cccc(S(OS(=O)(=O)C(F)(F)F)(c2cccc(OC(=O)OC(C)(C)C)c2)c2cccc(OC(=O)OC(C)(C)C)c2)c1. The number of hydrogen-bond acceptors (Lipinski definition) is 12. The molecular weight excluding hydrogens is 721 g/mol. The number of carbonyl (C=O) groups excluding carboxylic acids is 3. The summed E-state index contributed by atoms with van der Waals surface area (Å²) in [5, 5.41) is 0. The van der Waals surface area contributed by atoms with Gasteiger partial charge in [0.05, 0.1) is 0 Å². The van der Waals surface area contributed by atoms with E-state index in [-0.39, 0.29) is 31.9 Å². The number of rotatable bonds is 8. The van der Waals surface area contributed by atoms with Crippen molar-refractivity contribution in [3.05, 3.63) is 72.8 Å². The Hall–Kier alpha value is -4.48. The first-order chi connectivity index (χ1) is 23.2. The fraction of sp³-hybridized carbons (Fsp3) is 0.382. The van der Waals surface area contributed by atoms with E-state index in [1.165, 1.54) is 54.6 Å². The van der Waals surface area contributed by atoms with Crippen LogP contribution in [0.25, 0.3) is 0 Å². The van der Waals surface area contributed by atoms with Gasteiger partial charge >= 0.3 is 34.1 Å². The third kappa shape index (κ3) is 11.8. The van der Waals surface area contributed by atoms with Crippen molar-refractivity contribution in [3.8, 4) is 17.2 Å². The summed E-state index contributed by atoms with van der Waals surface area (Å²) in [5.41, 5.74) is -8.85. The molecule has 51 heavy (non-hydrogen) atoms. The molecule has 0 saturated heterocycles. The standard InChI is InChI=1S/C34H39F3O12S2/c1-31(2,3)46-28(38)43-22-13-10-16-25(19-22)50(49-51(41,42)34(35,36)37,26-17-11-14-23(20-26)44-29(39)47-32(4,5)6)27-18-12-15-24(21-27)45-30(40)48-33(7,8)9/h10-21H,1-9H3. The minimum absolute atomic E-state index is 0.250. The Kier molecular flexibility index (Phi) is 12.1. The number of alkyl halides is 3. The third-order valence-electron chi connectivity index (χ3n) is 5.66. The minimum Gasteiger partial charge on any atom is -0.428 e. The molecule has 12 nitrogen and oxygen atoms in total. The topological polar surface area (TPSA) is 150 Å². The number of benzene rings is 3. The number of ether oxygens (including phenoxy) is 6. The van der Waals surface area contributed by atoms with Gasteiger partial charge in [-0.2, -0.15) is 25.2 Å². The lowest BCUT2D eigenvalue weighted by atomic mass is 10.2. The summed E-state index contributed by atoms with van der Waals surface area (Å²) in [6.45, 7) is 14.2. The third-order valence-corrected chi connectivity index (χ3v) is 10.5. The van der Waals surface area contributed by atoms with E-state index in [1.807, 2.05) is 0 Å². The lowest BCUT2D eigenvalue weighted by Gasteiger charge is -2.39. The molecule has 0 saturated carbocycles. The zero-order valence-electron chi connectivity index (χ0n) is 29.3. The smallest absolute Gasteiger partial charge is 0.428 e. The summed E-state index contributed by atoms with van der Waals surface area (Å²) < 4.78 is 105. The molecule has 0 amide bonds. The zero-order valence-corrected chi connectivity index (χ0v) is 30.9. The van der Waals surface area contributed by atoms with Gasteiger partial charge in [-0.3, -0.25) is 0 Å². The summed E-state index contributed by atoms with van der Waals surface area (Å²) in [5.74, 6) is -0.767. The Bertz CT molecular complexity index is 1680. The Morgan fingerprint density at radius 1 is 0.510 bits per heavy atom. The summed E-state index contributed by atoms with van der Waals surface area (Å²) in [6.07, 6.45) is -3.49. The second-order valence-corrected chi connectivity index (χ2v) is 18.1. The largest absolute Gasteiger partial charge is 0.524 e. The summed E-state index contributed by atoms with van der Waals surface area (Å²) in [4.78, 5) is 36.9. The highest BCUT2D eigenvalue weighted by molar-refractivity contribution is 8.33. The van der Waals surface area contributed by atoms with E-state index >= 15 is 0 Å². The lowest BCUT2D eigenvalue weighted by Crippen LogP contribution is -2.28. The first-order valence-electron chi connectivity index (χ1n) is 15.1. The van der Waals surface area contributed by atoms with Crippen molar-refractivity contribution in [2.24, 2.45) is 0 Å². The molecule has 0 radical (unpaired) electrons. The van der Waals surface area contributed by atoms with Crippen molar-refractivity contribution >= 4 is 38.9 Å². The Morgan fingerprint density at radius 2 is 0.784 bits per heavy atom. The van der Waals surface area contributed by atoms with Crippen molar-refractivity contribution < 1.29 is 68.0 Å². The van der Waals surface area contributed by atoms with Gasteiger partial charge in [-0.25, -0.2) is 14.4 Å². The fourth-order valence-electron chi connectivity index (χ4n) is 3.95. The molecule has 0 spiro atoms. The van der Waals surface area contributed by atoms with Crippen LogP contribution in [0.2, 0.25) is 0 Å². The van der Waals surface area contributed by atoms with E-state index in [2.05, 4.69) is 0 Å². The molecule has 0 atom stereocenters. The van der Waals surface area contributed by atoms with Crippen LogP contribution in [0.15, 0.2) is 87.5 Å². The van der Waals surface area contributed by atoms with Crippen molar-refractivity contribution in [1.29, 1.82) is 0 Å². The van der Waals surface area contributed by atoms with Crippen LogP contribution >= 0.6 is 10.3 Å². The second kappa shape index (κ2) is 15.0. The van der Waals surface area contributed by atoms with Crippen LogP contribution in [0, 0.1) is 0 Å². The van der Waals surface area contributed by atoms with E-state index in [9.17, 15) is 36.0 Å². The van der Waals surface area contributed by atoms with E-state index in [1.54, 1.807) is 62.3 Å². The van der Waals surface area contributed by atoms with Gasteiger partial charge in [0.15, 0.2) is 0 Å². The number of hydrogen-bond donors (Lipinski definition) is 0. The van der Waals surface area contributed by atoms with Crippen LogP contribution in [0.3, 0.4) is 0 Å². The highest BCUT2D eigenvalue weighted by Crippen LogP contribution is 2.71. The molecule has 0 N–H and O–H groups in total. The molecule has 0 heterocycles. The highest BCUT2D eigenvalue weighted by Gasteiger charge is 2.53. The van der Waals surface area contributed by atoms with Crippen LogP contribution in [0.5, 0.6) is 17.2 Å². The predicted molar refractivity (Wildman–Crippen MR) is 178 cm³/mol. The van der Waals surface area contributed by atoms with Gasteiger partial charge < -0.3 is 28.4 Å². The predicted octanol–water partition coefficient (Wildman–Crippen LogP) is 9.69. The van der Waals surface area contributed by atoms with Gasteiger partial charge in [-0.1, -0.05) is 18.2 Å². The Morgan fingerprint density at radius 3 is 1.02 bits per heavy atom. The van der Waals surface area contributed by atoms with E-state index in [0.717, 1.165) is 18.2 Å². The van der Waals surface area contributed by atoms with Gasteiger partial charge in [-0.15, -0.1) is 0 Å². The molecule has 0 aliphatic rings. The van der Waals surface area contributed by atoms with Crippen molar-refractivity contribution in [2.75, 3.05) is 0 Å². The van der Waals surface area contributed by atoms with Crippen LogP contribution in [-0.2, 0) is 28.0 Å². The molecule has 3 aromatic carbocycles. The highest BCUT2D eigenvalue weighted by atomic mass is 32.3. The molecule has 0 unspecified atom stereocenters. The summed E-state index contributed by atoms with van der Waals surface area (Å²) in [7, 11) is -10.6. The van der Waals surface area contributed by atoms with E-state index < -0.39 is 61.2 Å². The first kappa shape index (κ1) is 40.9. The van der Waals surface area contributed by atoms with Gasteiger partial charge in [0, 0.05) is 14.7 Å². The molecule has 3 rings (SSSR count). The second-order valence-electron chi connectivity index (χ2n) is 13.6. The summed E-state index contributed by atoms with van der Waals surface area (Å²) in [6, 6.07) is 14.7. The summed E-state index contributed by atoms with van der Waals surface area (Å²) >= 11 is 0. The van der Waals surface area contributed by atoms with E-state index in [0.29, 0.717) is 0 Å². The Labute approximate surface area is 295 Å². The van der Waals surface area contributed by atoms with Gasteiger partial charge in [-0.05, 0) is 127 Å². The van der Waals surface area contributed by atoms with Gasteiger partial charge in [0.2, 0.25) is 0 Å². The first-order valence-corrected chi connectivity index (χ1v) is 18.0. The van der Waals surface area contributed by atoms with Gasteiger partial charge in [0.1, 0.15) is 34.1 Å². The molecular formula is C34H39F3O12S2. The van der Waals surface area contributed by atoms with Gasteiger partial charge in [0.25, 0.3) is 0 Å². The lowest BCUT2D eigenvalue weighted by molar-refractivity contribution is -0.0496. The molecule has 0 aliphatic heterocycles. The molecule has 0 bridgehead atoms. The van der Waals surface area contributed by atoms with Crippen LogP contribution in [0.4, 0.5) is 27.6 Å².